The van der Waals surface area contributed by atoms with Gasteiger partial charge in [0.2, 0.25) is 0 Å². The second kappa shape index (κ2) is 10.3. The minimum absolute atomic E-state index is 1.10. The lowest BCUT2D eigenvalue weighted by Gasteiger charge is -2.42. The largest absolute Gasteiger partial charge is 0.371 e. The van der Waals surface area contributed by atoms with Crippen molar-refractivity contribution in [3.8, 4) is 0 Å². The van der Waals surface area contributed by atoms with Crippen molar-refractivity contribution in [1.82, 2.24) is 0 Å². The summed E-state index contributed by atoms with van der Waals surface area (Å²) in [6, 6.07) is 45.8. The summed E-state index contributed by atoms with van der Waals surface area (Å²) in [4.78, 5) is 7.59. The van der Waals surface area contributed by atoms with Crippen LogP contribution in [0, 0.1) is 0 Å². The molecule has 0 atom stereocenters. The van der Waals surface area contributed by atoms with Gasteiger partial charge in [0.15, 0.2) is 0 Å². The molecule has 0 aliphatic carbocycles. The van der Waals surface area contributed by atoms with E-state index >= 15 is 0 Å². The van der Waals surface area contributed by atoms with Crippen molar-refractivity contribution < 1.29 is 0 Å². The van der Waals surface area contributed by atoms with Gasteiger partial charge in [-0.1, -0.05) is 72.8 Å². The third kappa shape index (κ3) is 4.34. The van der Waals surface area contributed by atoms with Gasteiger partial charge in [0, 0.05) is 52.7 Å². The molecule has 3 nitrogen and oxygen atoms in total. The summed E-state index contributed by atoms with van der Waals surface area (Å²) in [7, 11) is 0. The van der Waals surface area contributed by atoms with Crippen molar-refractivity contribution in [3.05, 3.63) is 139 Å². The minimum atomic E-state index is 1.10. The summed E-state index contributed by atoms with van der Waals surface area (Å²) >= 11 is 0. The first-order valence-corrected chi connectivity index (χ1v) is 14.1. The van der Waals surface area contributed by atoms with E-state index in [2.05, 4.69) is 142 Å². The first kappa shape index (κ1) is 23.6. The lowest BCUT2D eigenvalue weighted by molar-refractivity contribution is 0.634. The fraction of sp³-hybridized carbons (Fsp3) is 0.167. The monoisotopic (exact) mass is 507 g/mol. The molecule has 0 N–H and O–H groups in total. The van der Waals surface area contributed by atoms with Crippen molar-refractivity contribution in [2.24, 2.45) is 0 Å². The quantitative estimate of drug-likeness (QED) is 0.227. The molecule has 2 aliphatic heterocycles. The third-order valence-corrected chi connectivity index (χ3v) is 8.03. The average Bonchev–Trinajstić information content (AvgIpc) is 3.01. The molecule has 0 unspecified atom stereocenters. The van der Waals surface area contributed by atoms with Gasteiger partial charge in [0.05, 0.1) is 11.4 Å². The van der Waals surface area contributed by atoms with Gasteiger partial charge >= 0.3 is 0 Å². The average molecular weight is 508 g/mol. The lowest BCUT2D eigenvalue weighted by atomic mass is 9.88. The number of para-hydroxylation sites is 4. The Balaban J connectivity index is 1.54. The predicted octanol–water partition coefficient (Wildman–Crippen LogP) is 9.32. The van der Waals surface area contributed by atoms with Crippen LogP contribution in [0.1, 0.15) is 24.0 Å². The normalized spacial score (nSPS) is 14.0. The van der Waals surface area contributed by atoms with Crippen molar-refractivity contribution in [1.29, 1.82) is 0 Å². The van der Waals surface area contributed by atoms with Gasteiger partial charge in [-0.25, -0.2) is 0 Å². The van der Waals surface area contributed by atoms with Crippen LogP contribution in [0.25, 0.3) is 0 Å². The Labute approximate surface area is 231 Å². The molecular formula is C36H33N3. The van der Waals surface area contributed by atoms with Gasteiger partial charge < -0.3 is 14.7 Å². The van der Waals surface area contributed by atoms with Crippen LogP contribution in [-0.2, 0) is 12.8 Å². The molecular weight excluding hydrogens is 474 g/mol. The number of benzene rings is 5. The Morgan fingerprint density at radius 3 is 1.10 bits per heavy atom. The highest BCUT2D eigenvalue weighted by Crippen LogP contribution is 2.51. The molecule has 0 aromatic heterocycles. The van der Waals surface area contributed by atoms with Crippen LogP contribution >= 0.6 is 0 Å². The third-order valence-electron chi connectivity index (χ3n) is 8.03. The first-order valence-electron chi connectivity index (χ1n) is 14.1. The molecule has 5 aromatic carbocycles. The fourth-order valence-electron chi connectivity index (χ4n) is 6.39. The van der Waals surface area contributed by atoms with Crippen LogP contribution in [0.3, 0.4) is 0 Å². The first-order chi connectivity index (χ1) is 19.4. The maximum Gasteiger partial charge on any atom is 0.0535 e. The maximum absolute atomic E-state index is 2.66. The van der Waals surface area contributed by atoms with E-state index in [0.29, 0.717) is 0 Å². The highest BCUT2D eigenvalue weighted by Gasteiger charge is 2.32. The van der Waals surface area contributed by atoms with E-state index < -0.39 is 0 Å². The molecule has 0 saturated heterocycles. The molecule has 7 rings (SSSR count). The van der Waals surface area contributed by atoms with Crippen LogP contribution in [0.5, 0.6) is 0 Å². The Hall–Kier alpha value is -4.50. The standard InChI is InChI=1S/C36H33N3/c1-5-15-28(16-6-1)38(29-17-7-2-8-18-29)34-27-35(33-24-14-26-37-25-13-23-32(34)36(33)37)39(30-19-9-3-10-20-30)31-21-11-4-12-22-31/h1-12,15-22,27H,13-14,23-26H2. The summed E-state index contributed by atoms with van der Waals surface area (Å²) in [5, 5.41) is 0. The summed E-state index contributed by atoms with van der Waals surface area (Å²) in [6.45, 7) is 2.27. The van der Waals surface area contributed by atoms with E-state index in [4.69, 9.17) is 0 Å². The molecule has 2 heterocycles. The molecule has 0 amide bonds. The summed E-state index contributed by atoms with van der Waals surface area (Å²) in [6.07, 6.45) is 4.58. The van der Waals surface area contributed by atoms with Gasteiger partial charge in [-0.15, -0.1) is 0 Å². The molecule has 0 fully saturated rings. The van der Waals surface area contributed by atoms with E-state index in [0.717, 1.165) is 25.9 Å². The molecule has 0 bridgehead atoms. The molecule has 192 valence electrons. The Kier molecular flexibility index (Phi) is 6.26. The SMILES string of the molecule is c1ccc(N(c2ccccc2)c2cc(N(c3ccccc3)c3ccccc3)c3c4c2CCCN4CCC3)cc1. The zero-order valence-electron chi connectivity index (χ0n) is 22.2. The summed E-state index contributed by atoms with van der Waals surface area (Å²) in [5.41, 5.74) is 11.7. The Morgan fingerprint density at radius 1 is 0.436 bits per heavy atom. The molecule has 3 heteroatoms. The highest BCUT2D eigenvalue weighted by atomic mass is 15.2. The number of rotatable bonds is 6. The van der Waals surface area contributed by atoms with E-state index in [1.807, 2.05) is 0 Å². The fourth-order valence-corrected chi connectivity index (χ4v) is 6.39. The van der Waals surface area contributed by atoms with Crippen LogP contribution in [0.4, 0.5) is 39.8 Å². The maximum atomic E-state index is 2.66. The topological polar surface area (TPSA) is 9.72 Å². The zero-order valence-corrected chi connectivity index (χ0v) is 22.2. The molecule has 0 saturated carbocycles. The van der Waals surface area contributed by atoms with Crippen molar-refractivity contribution in [2.75, 3.05) is 27.8 Å². The van der Waals surface area contributed by atoms with Crippen LogP contribution in [0.2, 0.25) is 0 Å². The summed E-state index contributed by atoms with van der Waals surface area (Å²) in [5.74, 6) is 0. The van der Waals surface area contributed by atoms with Gasteiger partial charge in [0.1, 0.15) is 0 Å². The van der Waals surface area contributed by atoms with Crippen molar-refractivity contribution >= 4 is 39.8 Å². The second-order valence-electron chi connectivity index (χ2n) is 10.4. The van der Waals surface area contributed by atoms with E-state index in [-0.39, 0.29) is 0 Å². The molecule has 0 radical (unpaired) electrons. The van der Waals surface area contributed by atoms with Gasteiger partial charge in [-0.2, -0.15) is 0 Å². The van der Waals surface area contributed by atoms with E-state index in [1.165, 1.54) is 63.8 Å². The molecule has 39 heavy (non-hydrogen) atoms. The van der Waals surface area contributed by atoms with Gasteiger partial charge in [-0.05, 0) is 80.3 Å². The van der Waals surface area contributed by atoms with Gasteiger partial charge in [-0.3, -0.25) is 0 Å². The molecule has 0 spiro atoms. The van der Waals surface area contributed by atoms with Gasteiger partial charge in [0.25, 0.3) is 0 Å². The smallest absolute Gasteiger partial charge is 0.0535 e. The van der Waals surface area contributed by atoms with Crippen LogP contribution in [0.15, 0.2) is 127 Å². The Bertz CT molecular complexity index is 1360. The van der Waals surface area contributed by atoms with Crippen molar-refractivity contribution in [3.63, 3.8) is 0 Å². The van der Waals surface area contributed by atoms with E-state index in [1.54, 1.807) is 0 Å². The molecule has 2 aliphatic rings. The Morgan fingerprint density at radius 2 is 0.769 bits per heavy atom. The second-order valence-corrected chi connectivity index (χ2v) is 10.4. The van der Waals surface area contributed by atoms with E-state index in [9.17, 15) is 0 Å². The predicted molar refractivity (Wildman–Crippen MR) is 165 cm³/mol. The van der Waals surface area contributed by atoms with Crippen LogP contribution < -0.4 is 14.7 Å². The minimum Gasteiger partial charge on any atom is -0.371 e. The number of hydrogen-bond acceptors (Lipinski definition) is 3. The summed E-state index contributed by atoms with van der Waals surface area (Å²) < 4.78 is 0. The highest BCUT2D eigenvalue weighted by molar-refractivity contribution is 5.92. The number of anilines is 7. The zero-order chi connectivity index (χ0) is 26.0. The van der Waals surface area contributed by atoms with Crippen molar-refractivity contribution in [2.45, 2.75) is 25.7 Å². The number of hydrogen-bond donors (Lipinski definition) is 0. The molecule has 5 aromatic rings. The lowest BCUT2D eigenvalue weighted by Crippen LogP contribution is -2.36. The number of nitrogens with zero attached hydrogens (tertiary/aromatic N) is 3. The van der Waals surface area contributed by atoms with Crippen LogP contribution in [-0.4, -0.2) is 13.1 Å².